The van der Waals surface area contributed by atoms with E-state index in [0.29, 0.717) is 26.8 Å². The molecule has 9 heteroatoms. The molecule has 0 unspecified atom stereocenters. The Labute approximate surface area is 192 Å². The first-order valence-electron chi connectivity index (χ1n) is 9.37. The Morgan fingerprint density at radius 1 is 1.09 bits per heavy atom. The first-order chi connectivity index (χ1) is 15.6. The van der Waals surface area contributed by atoms with Gasteiger partial charge in [0, 0.05) is 28.0 Å². The molecular weight excluding hydrogens is 450 g/mol. The van der Waals surface area contributed by atoms with Gasteiger partial charge in [0.2, 0.25) is 0 Å². The number of methoxy groups -OCH3 is 1. The number of amides is 1. The number of thiophene rings is 1. The van der Waals surface area contributed by atoms with Crippen LogP contribution < -0.4 is 14.9 Å². The van der Waals surface area contributed by atoms with Gasteiger partial charge in [-0.15, -0.1) is 11.3 Å². The third-order valence-electron chi connectivity index (χ3n) is 4.43. The van der Waals surface area contributed by atoms with Gasteiger partial charge < -0.3 is 9.47 Å². The zero-order valence-corrected chi connectivity index (χ0v) is 18.3. The highest BCUT2D eigenvalue weighted by Crippen LogP contribution is 2.36. The van der Waals surface area contributed by atoms with Gasteiger partial charge in [-0.05, 0) is 42.0 Å². The van der Waals surface area contributed by atoms with E-state index in [-0.39, 0.29) is 11.7 Å². The van der Waals surface area contributed by atoms with Crippen molar-refractivity contribution in [3.05, 3.63) is 88.0 Å². The summed E-state index contributed by atoms with van der Waals surface area (Å²) < 4.78 is 11.8. The van der Waals surface area contributed by atoms with Crippen LogP contribution in [0.15, 0.2) is 72.1 Å². The van der Waals surface area contributed by atoms with Crippen molar-refractivity contribution in [3.63, 3.8) is 0 Å². The molecule has 2 heterocycles. The predicted molar refractivity (Wildman–Crippen MR) is 124 cm³/mol. The molecule has 7 nitrogen and oxygen atoms in total. The number of nitrogens with zero attached hydrogens (tertiary/aromatic N) is 2. The maximum Gasteiger partial charge on any atom is 0.355 e. The van der Waals surface area contributed by atoms with Crippen molar-refractivity contribution in [2.24, 2.45) is 5.10 Å². The van der Waals surface area contributed by atoms with Crippen molar-refractivity contribution in [1.82, 2.24) is 10.4 Å². The Morgan fingerprint density at radius 3 is 2.62 bits per heavy atom. The van der Waals surface area contributed by atoms with Gasteiger partial charge in [0.15, 0.2) is 11.5 Å². The van der Waals surface area contributed by atoms with Gasteiger partial charge in [-0.25, -0.2) is 10.2 Å². The van der Waals surface area contributed by atoms with Crippen LogP contribution in [0.25, 0.3) is 10.1 Å². The average Bonchev–Trinajstić information content (AvgIpc) is 3.17. The summed E-state index contributed by atoms with van der Waals surface area (Å²) in [5.41, 5.74) is 3.51. The van der Waals surface area contributed by atoms with Crippen LogP contribution in [0.3, 0.4) is 0 Å². The Balaban J connectivity index is 1.47. The van der Waals surface area contributed by atoms with Crippen molar-refractivity contribution >= 4 is 51.1 Å². The minimum absolute atomic E-state index is 0.240. The van der Waals surface area contributed by atoms with E-state index in [9.17, 15) is 9.59 Å². The fraction of sp³-hybridized carbons (Fsp3) is 0.0435. The normalized spacial score (nSPS) is 10.9. The summed E-state index contributed by atoms with van der Waals surface area (Å²) in [6.45, 7) is 0. The number of aromatic nitrogens is 1. The summed E-state index contributed by atoms with van der Waals surface area (Å²) >= 11 is 7.63. The number of benzene rings is 2. The predicted octanol–water partition coefficient (Wildman–Crippen LogP) is 4.94. The maximum atomic E-state index is 12.7. The van der Waals surface area contributed by atoms with Crippen LogP contribution in [0.5, 0.6) is 11.5 Å². The molecule has 1 N–H and O–H groups in total. The number of fused-ring (bicyclic) bond motifs is 1. The molecule has 0 radical (unpaired) electrons. The quantitative estimate of drug-likeness (QED) is 0.188. The molecular formula is C23H16ClN3O4S. The molecule has 2 aromatic carbocycles. The first kappa shape index (κ1) is 21.5. The van der Waals surface area contributed by atoms with Crippen molar-refractivity contribution in [2.45, 2.75) is 0 Å². The highest BCUT2D eigenvalue weighted by Gasteiger charge is 2.20. The number of hydrogen-bond donors (Lipinski definition) is 1. The number of hydrogen-bond acceptors (Lipinski definition) is 7. The number of pyridine rings is 1. The molecule has 0 spiro atoms. The number of esters is 1. The molecule has 0 aliphatic heterocycles. The standard InChI is InChI=1S/C23H16ClN3O4S/c1-30-18-12-14(13-26-27-22(28)15-8-10-25-11-9-15)6-7-17(18)31-23(29)21-20(24)16-4-2-3-5-19(16)32-21/h2-13H,1H3,(H,27,28). The van der Waals surface area contributed by atoms with E-state index in [1.807, 2.05) is 24.3 Å². The lowest BCUT2D eigenvalue weighted by Gasteiger charge is -2.09. The lowest BCUT2D eigenvalue weighted by atomic mass is 10.2. The molecule has 4 aromatic rings. The third kappa shape index (κ3) is 4.61. The van der Waals surface area contributed by atoms with Crippen LogP contribution in [0.2, 0.25) is 5.02 Å². The van der Waals surface area contributed by atoms with Gasteiger partial charge >= 0.3 is 5.97 Å². The molecule has 0 bridgehead atoms. The highest BCUT2D eigenvalue weighted by atomic mass is 35.5. The minimum atomic E-state index is -0.569. The monoisotopic (exact) mass is 465 g/mol. The fourth-order valence-electron chi connectivity index (χ4n) is 2.87. The lowest BCUT2D eigenvalue weighted by Crippen LogP contribution is -2.17. The second-order valence-electron chi connectivity index (χ2n) is 6.48. The van der Waals surface area contributed by atoms with E-state index < -0.39 is 5.97 Å². The largest absolute Gasteiger partial charge is 0.493 e. The van der Waals surface area contributed by atoms with E-state index >= 15 is 0 Å². The second kappa shape index (κ2) is 9.59. The van der Waals surface area contributed by atoms with Crippen LogP contribution in [-0.2, 0) is 0 Å². The third-order valence-corrected chi connectivity index (χ3v) is 6.09. The van der Waals surface area contributed by atoms with E-state index in [2.05, 4.69) is 15.5 Å². The van der Waals surface area contributed by atoms with Crippen molar-refractivity contribution < 1.29 is 19.1 Å². The molecule has 0 saturated carbocycles. The molecule has 4 rings (SSSR count). The highest BCUT2D eigenvalue weighted by molar-refractivity contribution is 7.21. The van der Waals surface area contributed by atoms with Crippen LogP contribution >= 0.6 is 22.9 Å². The first-order valence-corrected chi connectivity index (χ1v) is 10.6. The number of ether oxygens (including phenoxy) is 2. The number of hydrazone groups is 1. The zero-order chi connectivity index (χ0) is 22.5. The van der Waals surface area contributed by atoms with Gasteiger partial charge in [-0.3, -0.25) is 9.78 Å². The van der Waals surface area contributed by atoms with E-state index in [4.69, 9.17) is 21.1 Å². The van der Waals surface area contributed by atoms with Gasteiger partial charge in [0.25, 0.3) is 5.91 Å². The van der Waals surface area contributed by atoms with Gasteiger partial charge in [0.1, 0.15) is 4.88 Å². The topological polar surface area (TPSA) is 89.9 Å². The summed E-state index contributed by atoms with van der Waals surface area (Å²) in [4.78, 5) is 28.9. The number of rotatable bonds is 6. The SMILES string of the molecule is COc1cc(C=NNC(=O)c2ccncc2)ccc1OC(=O)c1sc2ccccc2c1Cl. The molecule has 0 atom stereocenters. The minimum Gasteiger partial charge on any atom is -0.493 e. The van der Waals surface area contributed by atoms with Crippen molar-refractivity contribution in [3.8, 4) is 11.5 Å². The van der Waals surface area contributed by atoms with Crippen LogP contribution in [-0.4, -0.2) is 30.2 Å². The van der Waals surface area contributed by atoms with Crippen molar-refractivity contribution in [1.29, 1.82) is 0 Å². The molecule has 160 valence electrons. The molecule has 0 saturated heterocycles. The molecule has 0 aliphatic rings. The molecule has 0 aliphatic carbocycles. The van der Waals surface area contributed by atoms with E-state index in [1.54, 1.807) is 30.3 Å². The lowest BCUT2D eigenvalue weighted by molar-refractivity contribution is 0.0734. The summed E-state index contributed by atoms with van der Waals surface area (Å²) in [6, 6.07) is 15.6. The Bertz CT molecular complexity index is 1320. The number of nitrogens with one attached hydrogen (secondary N) is 1. The van der Waals surface area contributed by atoms with Crippen molar-refractivity contribution in [2.75, 3.05) is 7.11 Å². The van der Waals surface area contributed by atoms with Crippen LogP contribution in [0.4, 0.5) is 0 Å². The molecule has 0 fully saturated rings. The Kier molecular flexibility index (Phi) is 6.44. The van der Waals surface area contributed by atoms with Crippen LogP contribution in [0, 0.1) is 0 Å². The summed E-state index contributed by atoms with van der Waals surface area (Å²) in [5, 5.41) is 5.11. The van der Waals surface area contributed by atoms with Crippen LogP contribution in [0.1, 0.15) is 25.6 Å². The smallest absolute Gasteiger partial charge is 0.355 e. The fourth-order valence-corrected chi connectivity index (χ4v) is 4.26. The number of carbonyl (C=O) groups excluding carboxylic acids is 2. The number of carbonyl (C=O) groups is 2. The summed E-state index contributed by atoms with van der Waals surface area (Å²) in [7, 11) is 1.46. The van der Waals surface area contributed by atoms with Gasteiger partial charge in [-0.2, -0.15) is 5.10 Å². The maximum absolute atomic E-state index is 12.7. The Morgan fingerprint density at radius 2 is 1.88 bits per heavy atom. The Hall–Kier alpha value is -3.75. The van der Waals surface area contributed by atoms with Gasteiger partial charge in [0.05, 0.1) is 18.3 Å². The number of halogens is 1. The molecule has 32 heavy (non-hydrogen) atoms. The van der Waals surface area contributed by atoms with Gasteiger partial charge in [-0.1, -0.05) is 29.8 Å². The summed E-state index contributed by atoms with van der Waals surface area (Å²) in [5.74, 6) is -0.356. The molecule has 2 aromatic heterocycles. The average molecular weight is 466 g/mol. The molecule has 1 amide bonds. The van der Waals surface area contributed by atoms with E-state index in [0.717, 1.165) is 10.1 Å². The summed E-state index contributed by atoms with van der Waals surface area (Å²) in [6.07, 6.45) is 4.50. The van der Waals surface area contributed by atoms with E-state index in [1.165, 1.54) is 37.1 Å². The zero-order valence-electron chi connectivity index (χ0n) is 16.7. The second-order valence-corrected chi connectivity index (χ2v) is 7.91.